The quantitative estimate of drug-likeness (QED) is 0.569. The lowest BCUT2D eigenvalue weighted by molar-refractivity contribution is 0.0954. The van der Waals surface area contributed by atoms with Crippen LogP contribution >= 0.6 is 11.3 Å². The molecule has 4 nitrogen and oxygen atoms in total. The van der Waals surface area contributed by atoms with Gasteiger partial charge in [0.05, 0.1) is 0 Å². The Labute approximate surface area is 110 Å². The highest BCUT2D eigenvalue weighted by molar-refractivity contribution is 7.07. The Morgan fingerprint density at radius 1 is 1.22 bits per heavy atom. The van der Waals surface area contributed by atoms with Gasteiger partial charge in [-0.3, -0.25) is 10.6 Å². The summed E-state index contributed by atoms with van der Waals surface area (Å²) in [5, 5.41) is 7.02. The first-order valence-corrected chi connectivity index (χ1v) is 6.60. The number of hydrogen-bond acceptors (Lipinski definition) is 4. The molecule has 0 saturated carbocycles. The SMILES string of the molecule is NNc1ccc(C(=O)NCCc2ccsc2)cc1. The number of amides is 1. The van der Waals surface area contributed by atoms with Gasteiger partial charge in [0.15, 0.2) is 0 Å². The van der Waals surface area contributed by atoms with Crippen molar-refractivity contribution in [2.24, 2.45) is 5.84 Å². The van der Waals surface area contributed by atoms with Gasteiger partial charge in [-0.25, -0.2) is 0 Å². The summed E-state index contributed by atoms with van der Waals surface area (Å²) >= 11 is 1.67. The van der Waals surface area contributed by atoms with Crippen molar-refractivity contribution < 1.29 is 4.79 Å². The Bertz CT molecular complexity index is 493. The molecular formula is C13H15N3OS. The molecule has 0 bridgehead atoms. The summed E-state index contributed by atoms with van der Waals surface area (Å²) in [6.45, 7) is 0.645. The Kier molecular flexibility index (Phi) is 4.33. The van der Waals surface area contributed by atoms with Crippen LogP contribution in [-0.4, -0.2) is 12.5 Å². The fourth-order valence-corrected chi connectivity index (χ4v) is 2.28. The van der Waals surface area contributed by atoms with Gasteiger partial charge < -0.3 is 10.7 Å². The molecule has 0 aliphatic carbocycles. The van der Waals surface area contributed by atoms with Gasteiger partial charge in [0.25, 0.3) is 5.91 Å². The van der Waals surface area contributed by atoms with Crippen LogP contribution in [0.1, 0.15) is 15.9 Å². The molecule has 0 unspecified atom stereocenters. The fraction of sp³-hybridized carbons (Fsp3) is 0.154. The van der Waals surface area contributed by atoms with Crippen molar-refractivity contribution in [3.63, 3.8) is 0 Å². The lowest BCUT2D eigenvalue weighted by Crippen LogP contribution is -2.25. The van der Waals surface area contributed by atoms with Crippen LogP contribution in [0.4, 0.5) is 5.69 Å². The smallest absolute Gasteiger partial charge is 0.251 e. The molecule has 0 spiro atoms. The highest BCUT2D eigenvalue weighted by Crippen LogP contribution is 2.08. The maximum absolute atomic E-state index is 11.8. The van der Waals surface area contributed by atoms with Crippen LogP contribution in [0.15, 0.2) is 41.1 Å². The molecule has 0 aliphatic rings. The summed E-state index contributed by atoms with van der Waals surface area (Å²) in [6, 6.07) is 9.10. The zero-order valence-corrected chi connectivity index (χ0v) is 10.7. The van der Waals surface area contributed by atoms with Gasteiger partial charge in [-0.2, -0.15) is 11.3 Å². The number of hydrazine groups is 1. The molecule has 1 amide bonds. The van der Waals surface area contributed by atoms with Crippen molar-refractivity contribution in [1.82, 2.24) is 5.32 Å². The van der Waals surface area contributed by atoms with Gasteiger partial charge in [-0.05, 0) is 53.1 Å². The molecular weight excluding hydrogens is 246 g/mol. The minimum absolute atomic E-state index is 0.0613. The van der Waals surface area contributed by atoms with E-state index in [1.807, 2.05) is 5.38 Å². The number of rotatable bonds is 5. The first-order valence-electron chi connectivity index (χ1n) is 5.65. The van der Waals surface area contributed by atoms with E-state index in [4.69, 9.17) is 5.84 Å². The van der Waals surface area contributed by atoms with E-state index >= 15 is 0 Å². The summed E-state index contributed by atoms with van der Waals surface area (Å²) in [4.78, 5) is 11.8. The summed E-state index contributed by atoms with van der Waals surface area (Å²) in [7, 11) is 0. The van der Waals surface area contributed by atoms with E-state index < -0.39 is 0 Å². The van der Waals surface area contributed by atoms with Crippen molar-refractivity contribution in [3.05, 3.63) is 52.2 Å². The molecule has 0 atom stereocenters. The fourth-order valence-electron chi connectivity index (χ4n) is 1.58. The number of anilines is 1. The largest absolute Gasteiger partial charge is 0.352 e. The molecule has 18 heavy (non-hydrogen) atoms. The van der Waals surface area contributed by atoms with Crippen LogP contribution in [0.2, 0.25) is 0 Å². The number of nitrogen functional groups attached to an aromatic ring is 1. The minimum Gasteiger partial charge on any atom is -0.352 e. The second kappa shape index (κ2) is 6.18. The van der Waals surface area contributed by atoms with Gasteiger partial charge in [0, 0.05) is 17.8 Å². The predicted molar refractivity (Wildman–Crippen MR) is 74.6 cm³/mol. The highest BCUT2D eigenvalue weighted by atomic mass is 32.1. The maximum Gasteiger partial charge on any atom is 0.251 e. The monoisotopic (exact) mass is 261 g/mol. The number of nitrogens with two attached hydrogens (primary N) is 1. The second-order valence-electron chi connectivity index (χ2n) is 3.86. The molecule has 2 rings (SSSR count). The Morgan fingerprint density at radius 3 is 2.61 bits per heavy atom. The number of carbonyl (C=O) groups is 1. The third-order valence-corrected chi connectivity index (χ3v) is 3.33. The molecule has 0 saturated heterocycles. The zero-order valence-electron chi connectivity index (χ0n) is 9.85. The molecule has 2 aromatic rings. The normalized spacial score (nSPS) is 10.1. The van der Waals surface area contributed by atoms with E-state index in [0.29, 0.717) is 12.1 Å². The minimum atomic E-state index is -0.0613. The first kappa shape index (κ1) is 12.6. The number of benzene rings is 1. The average Bonchev–Trinajstić information content (AvgIpc) is 2.92. The van der Waals surface area contributed by atoms with E-state index in [0.717, 1.165) is 12.1 Å². The van der Waals surface area contributed by atoms with Gasteiger partial charge in [0.1, 0.15) is 0 Å². The van der Waals surface area contributed by atoms with Crippen LogP contribution in [-0.2, 0) is 6.42 Å². The predicted octanol–water partition coefficient (Wildman–Crippen LogP) is 2.01. The van der Waals surface area contributed by atoms with Crippen LogP contribution in [0.3, 0.4) is 0 Å². The van der Waals surface area contributed by atoms with Crippen LogP contribution in [0.25, 0.3) is 0 Å². The third kappa shape index (κ3) is 3.32. The summed E-state index contributed by atoms with van der Waals surface area (Å²) < 4.78 is 0. The maximum atomic E-state index is 11.8. The van der Waals surface area contributed by atoms with Gasteiger partial charge >= 0.3 is 0 Å². The molecule has 1 aromatic carbocycles. The number of carbonyl (C=O) groups excluding carboxylic acids is 1. The summed E-state index contributed by atoms with van der Waals surface area (Å²) in [5.74, 6) is 5.20. The lowest BCUT2D eigenvalue weighted by atomic mass is 10.2. The number of nitrogens with one attached hydrogen (secondary N) is 2. The molecule has 1 heterocycles. The third-order valence-electron chi connectivity index (χ3n) is 2.59. The molecule has 0 radical (unpaired) electrons. The Hall–Kier alpha value is -1.85. The number of hydrogen-bond donors (Lipinski definition) is 3. The molecule has 94 valence electrons. The first-order chi connectivity index (χ1) is 8.79. The zero-order chi connectivity index (χ0) is 12.8. The van der Waals surface area contributed by atoms with Crippen LogP contribution in [0.5, 0.6) is 0 Å². The number of thiophene rings is 1. The van der Waals surface area contributed by atoms with Gasteiger partial charge in [0.2, 0.25) is 0 Å². The Morgan fingerprint density at radius 2 is 2.00 bits per heavy atom. The van der Waals surface area contributed by atoms with E-state index in [2.05, 4.69) is 22.2 Å². The van der Waals surface area contributed by atoms with E-state index in [-0.39, 0.29) is 5.91 Å². The van der Waals surface area contributed by atoms with Crippen LogP contribution < -0.4 is 16.6 Å². The van der Waals surface area contributed by atoms with Crippen molar-refractivity contribution in [3.8, 4) is 0 Å². The highest BCUT2D eigenvalue weighted by Gasteiger charge is 2.04. The molecule has 5 heteroatoms. The van der Waals surface area contributed by atoms with Crippen molar-refractivity contribution in [2.75, 3.05) is 12.0 Å². The molecule has 1 aromatic heterocycles. The van der Waals surface area contributed by atoms with Gasteiger partial charge in [-0.1, -0.05) is 0 Å². The van der Waals surface area contributed by atoms with Crippen LogP contribution in [0, 0.1) is 0 Å². The van der Waals surface area contributed by atoms with E-state index in [1.165, 1.54) is 5.56 Å². The van der Waals surface area contributed by atoms with Crippen molar-refractivity contribution in [1.29, 1.82) is 0 Å². The van der Waals surface area contributed by atoms with Gasteiger partial charge in [-0.15, -0.1) is 0 Å². The van der Waals surface area contributed by atoms with Crippen molar-refractivity contribution in [2.45, 2.75) is 6.42 Å². The standard InChI is InChI=1S/C13H15N3OS/c14-16-12-3-1-11(2-4-12)13(17)15-7-5-10-6-8-18-9-10/h1-4,6,8-9,16H,5,7,14H2,(H,15,17). The average molecular weight is 261 g/mol. The molecule has 4 N–H and O–H groups in total. The lowest BCUT2D eigenvalue weighted by Gasteiger charge is -2.05. The summed E-state index contributed by atoms with van der Waals surface area (Å²) in [6.07, 6.45) is 0.859. The topological polar surface area (TPSA) is 67.1 Å². The second-order valence-corrected chi connectivity index (χ2v) is 4.64. The van der Waals surface area contributed by atoms with Crippen molar-refractivity contribution >= 4 is 22.9 Å². The summed E-state index contributed by atoms with van der Waals surface area (Å²) in [5.41, 5.74) is 5.20. The molecule has 0 aliphatic heterocycles. The van der Waals surface area contributed by atoms with E-state index in [9.17, 15) is 4.79 Å². The molecule has 0 fully saturated rings. The van der Waals surface area contributed by atoms with E-state index in [1.54, 1.807) is 35.6 Å². The Balaban J connectivity index is 1.83.